The Hall–Kier alpha value is -4.38. The largest absolute Gasteiger partial charge is 0.545 e. The number of amides is 2. The van der Waals surface area contributed by atoms with Crippen molar-refractivity contribution >= 4 is 39.0 Å². The molecule has 0 radical (unpaired) electrons. The summed E-state index contributed by atoms with van der Waals surface area (Å²) in [5.41, 5.74) is -0.152. The third-order valence-corrected chi connectivity index (χ3v) is 6.97. The fraction of sp³-hybridized carbons (Fsp3) is 0.0455. The highest BCUT2D eigenvalue weighted by Crippen LogP contribution is 2.33. The molecule has 0 N–H and O–H groups in total. The number of nitro groups is 1. The summed E-state index contributed by atoms with van der Waals surface area (Å²) in [6.45, 7) is 1.47. The molecule has 10 nitrogen and oxygen atoms in total. The standard InChI is InChI=1S/C22H14N2O8S/c1-12-10-14(4-9-19(12)24(29)30)23-20(25)17-8-7-16(11-18(17)21(23)26)33(31,32)15-5-2-13(3-6-15)22(27)28/h2-11H,1H3,(H,27,28)/p-1. The minimum Gasteiger partial charge on any atom is -0.545 e. The van der Waals surface area contributed by atoms with Crippen molar-refractivity contribution in [3.8, 4) is 0 Å². The first kappa shape index (κ1) is 21.8. The molecule has 0 bridgehead atoms. The van der Waals surface area contributed by atoms with Crippen molar-refractivity contribution in [1.29, 1.82) is 0 Å². The van der Waals surface area contributed by atoms with Crippen LogP contribution in [0.25, 0.3) is 0 Å². The number of imide groups is 1. The van der Waals surface area contributed by atoms with Gasteiger partial charge in [0.25, 0.3) is 17.5 Å². The Morgan fingerprint density at radius 2 is 1.48 bits per heavy atom. The van der Waals surface area contributed by atoms with Crippen LogP contribution in [0.4, 0.5) is 11.4 Å². The van der Waals surface area contributed by atoms with Crippen LogP contribution in [0.1, 0.15) is 36.6 Å². The Bertz CT molecular complexity index is 1480. The lowest BCUT2D eigenvalue weighted by Crippen LogP contribution is -2.29. The fourth-order valence-electron chi connectivity index (χ4n) is 3.51. The van der Waals surface area contributed by atoms with Gasteiger partial charge in [-0.15, -0.1) is 0 Å². The quantitative estimate of drug-likeness (QED) is 0.314. The summed E-state index contributed by atoms with van der Waals surface area (Å²) in [5.74, 6) is -2.92. The van der Waals surface area contributed by atoms with Crippen LogP contribution in [0.2, 0.25) is 0 Å². The number of hydrogen-bond acceptors (Lipinski definition) is 8. The molecule has 0 aliphatic carbocycles. The van der Waals surface area contributed by atoms with Crippen molar-refractivity contribution in [3.05, 3.63) is 93.0 Å². The number of hydrogen-bond donors (Lipinski definition) is 0. The molecular weight excluding hydrogens is 452 g/mol. The van der Waals surface area contributed by atoms with Gasteiger partial charge in [-0.1, -0.05) is 12.1 Å². The lowest BCUT2D eigenvalue weighted by molar-refractivity contribution is -0.385. The third-order valence-electron chi connectivity index (χ3n) is 5.20. The van der Waals surface area contributed by atoms with E-state index in [1.807, 2.05) is 0 Å². The van der Waals surface area contributed by atoms with Gasteiger partial charge in [0.15, 0.2) is 0 Å². The molecule has 4 rings (SSSR count). The van der Waals surface area contributed by atoms with E-state index in [1.54, 1.807) is 0 Å². The van der Waals surface area contributed by atoms with Crippen LogP contribution in [0.5, 0.6) is 0 Å². The van der Waals surface area contributed by atoms with Gasteiger partial charge in [-0.05, 0) is 55.0 Å². The minimum absolute atomic E-state index is 0.0118. The molecule has 1 aliphatic rings. The van der Waals surface area contributed by atoms with E-state index < -0.39 is 32.5 Å². The second kappa shape index (κ2) is 7.64. The topological polar surface area (TPSA) is 155 Å². The lowest BCUT2D eigenvalue weighted by Gasteiger charge is -2.14. The number of sulfone groups is 1. The van der Waals surface area contributed by atoms with Crippen molar-refractivity contribution in [2.75, 3.05) is 4.90 Å². The number of carboxylic acid groups (broad SMARTS) is 1. The van der Waals surface area contributed by atoms with Gasteiger partial charge in [-0.2, -0.15) is 0 Å². The summed E-state index contributed by atoms with van der Waals surface area (Å²) < 4.78 is 25.9. The Morgan fingerprint density at radius 1 is 0.879 bits per heavy atom. The van der Waals surface area contributed by atoms with E-state index in [1.165, 1.54) is 37.3 Å². The molecule has 33 heavy (non-hydrogen) atoms. The number of carboxylic acids is 1. The van der Waals surface area contributed by atoms with Crippen LogP contribution in [-0.4, -0.2) is 31.1 Å². The zero-order valence-corrected chi connectivity index (χ0v) is 17.7. The van der Waals surface area contributed by atoms with Gasteiger partial charge in [-0.3, -0.25) is 19.7 Å². The van der Waals surface area contributed by atoms with E-state index in [0.29, 0.717) is 0 Å². The molecule has 3 aromatic carbocycles. The number of fused-ring (bicyclic) bond motifs is 1. The summed E-state index contributed by atoms with van der Waals surface area (Å²) in [5, 5.41) is 21.9. The van der Waals surface area contributed by atoms with Gasteiger partial charge in [0.05, 0.1) is 37.5 Å². The smallest absolute Gasteiger partial charge is 0.272 e. The van der Waals surface area contributed by atoms with E-state index >= 15 is 0 Å². The monoisotopic (exact) mass is 465 g/mol. The summed E-state index contributed by atoms with van der Waals surface area (Å²) in [6, 6.07) is 11.6. The number of aromatic carboxylic acids is 1. The SMILES string of the molecule is Cc1cc(N2C(=O)c3ccc(S(=O)(=O)c4ccc(C(=O)[O-])cc4)cc3C2=O)ccc1[N+](=O)[O-]. The van der Waals surface area contributed by atoms with Crippen LogP contribution in [0.15, 0.2) is 70.5 Å². The number of anilines is 1. The van der Waals surface area contributed by atoms with E-state index in [2.05, 4.69) is 0 Å². The second-order valence-corrected chi connectivity index (χ2v) is 9.15. The maximum atomic E-state index is 13.0. The summed E-state index contributed by atoms with van der Waals surface area (Å²) in [4.78, 5) is 47.5. The number of benzene rings is 3. The maximum absolute atomic E-state index is 13.0. The summed E-state index contributed by atoms with van der Waals surface area (Å²) in [7, 11) is -4.12. The lowest BCUT2D eigenvalue weighted by atomic mass is 10.1. The number of aryl methyl sites for hydroxylation is 1. The average Bonchev–Trinajstić information content (AvgIpc) is 3.03. The molecule has 0 atom stereocenters. The zero-order valence-electron chi connectivity index (χ0n) is 16.8. The first-order valence-corrected chi connectivity index (χ1v) is 10.8. The van der Waals surface area contributed by atoms with Crippen LogP contribution < -0.4 is 10.0 Å². The summed E-state index contributed by atoms with van der Waals surface area (Å²) in [6.07, 6.45) is 0. The maximum Gasteiger partial charge on any atom is 0.272 e. The number of carbonyl (C=O) groups is 3. The van der Waals surface area contributed by atoms with Crippen molar-refractivity contribution in [1.82, 2.24) is 0 Å². The highest BCUT2D eigenvalue weighted by Gasteiger charge is 2.38. The second-order valence-electron chi connectivity index (χ2n) is 7.20. The van der Waals surface area contributed by atoms with Gasteiger partial charge in [0.2, 0.25) is 9.84 Å². The Labute approximate surface area is 186 Å². The molecule has 2 amide bonds. The first-order valence-electron chi connectivity index (χ1n) is 9.37. The number of rotatable bonds is 5. The number of nitrogens with zero attached hydrogens (tertiary/aromatic N) is 2. The zero-order chi connectivity index (χ0) is 24.1. The Kier molecular flexibility index (Phi) is 5.05. The number of carbonyl (C=O) groups excluding carboxylic acids is 3. The Morgan fingerprint density at radius 3 is 2.06 bits per heavy atom. The van der Waals surface area contributed by atoms with Gasteiger partial charge in [0.1, 0.15) is 0 Å². The van der Waals surface area contributed by atoms with Crippen LogP contribution in [0, 0.1) is 17.0 Å². The van der Waals surface area contributed by atoms with Gasteiger partial charge in [0, 0.05) is 11.6 Å². The molecule has 0 aromatic heterocycles. The molecule has 1 aliphatic heterocycles. The normalized spacial score (nSPS) is 13.2. The third kappa shape index (κ3) is 3.53. The highest BCUT2D eigenvalue weighted by atomic mass is 32.2. The molecule has 166 valence electrons. The molecule has 0 spiro atoms. The van der Waals surface area contributed by atoms with E-state index in [4.69, 9.17) is 0 Å². The van der Waals surface area contributed by atoms with Gasteiger partial charge >= 0.3 is 0 Å². The molecule has 11 heteroatoms. The predicted molar refractivity (Wildman–Crippen MR) is 112 cm³/mol. The predicted octanol–water partition coefficient (Wildman–Crippen LogP) is 1.90. The van der Waals surface area contributed by atoms with Crippen molar-refractivity contribution in [2.45, 2.75) is 16.7 Å². The molecule has 0 unspecified atom stereocenters. The molecule has 0 saturated heterocycles. The van der Waals surface area contributed by atoms with Crippen LogP contribution in [0.3, 0.4) is 0 Å². The molecule has 0 saturated carbocycles. The molecule has 1 heterocycles. The van der Waals surface area contributed by atoms with E-state index in [-0.39, 0.29) is 43.4 Å². The highest BCUT2D eigenvalue weighted by molar-refractivity contribution is 7.91. The van der Waals surface area contributed by atoms with E-state index in [9.17, 15) is 38.0 Å². The molecule has 3 aromatic rings. The first-order chi connectivity index (χ1) is 15.5. The van der Waals surface area contributed by atoms with Crippen molar-refractivity contribution in [3.63, 3.8) is 0 Å². The summed E-state index contributed by atoms with van der Waals surface area (Å²) >= 11 is 0. The minimum atomic E-state index is -4.12. The van der Waals surface area contributed by atoms with Crippen molar-refractivity contribution in [2.24, 2.45) is 0 Å². The van der Waals surface area contributed by atoms with Gasteiger partial charge < -0.3 is 9.90 Å². The van der Waals surface area contributed by atoms with Crippen LogP contribution >= 0.6 is 0 Å². The fourth-order valence-corrected chi connectivity index (χ4v) is 4.80. The van der Waals surface area contributed by atoms with Gasteiger partial charge in [-0.25, -0.2) is 13.3 Å². The van der Waals surface area contributed by atoms with E-state index in [0.717, 1.165) is 35.2 Å². The molecular formula is C22H13N2O8S-. The Balaban J connectivity index is 1.72. The number of nitro benzene ring substituents is 1. The van der Waals surface area contributed by atoms with Crippen LogP contribution in [-0.2, 0) is 9.84 Å². The van der Waals surface area contributed by atoms with Crippen molar-refractivity contribution < 1.29 is 32.8 Å². The molecule has 0 fully saturated rings. The average molecular weight is 465 g/mol.